The van der Waals surface area contributed by atoms with Crippen LogP contribution in [0.15, 0.2) is 60.9 Å². The van der Waals surface area contributed by atoms with Gasteiger partial charge in [-0.3, -0.25) is 4.79 Å². The van der Waals surface area contributed by atoms with Gasteiger partial charge in [-0.1, -0.05) is 51.1 Å². The molecular formula is C22H24N4O2. The summed E-state index contributed by atoms with van der Waals surface area (Å²) in [7, 11) is 1.60. The summed E-state index contributed by atoms with van der Waals surface area (Å²) in [6.07, 6.45) is 1.36. The zero-order chi connectivity index (χ0) is 20.1. The molecule has 0 bridgehead atoms. The Morgan fingerprint density at radius 1 is 0.964 bits per heavy atom. The zero-order valence-corrected chi connectivity index (χ0v) is 16.5. The normalized spacial score (nSPS) is 11.0. The van der Waals surface area contributed by atoms with Gasteiger partial charge >= 0.3 is 0 Å². The van der Waals surface area contributed by atoms with Crippen LogP contribution in [0, 0.1) is 0 Å². The molecule has 2 N–H and O–H groups in total. The van der Waals surface area contributed by atoms with E-state index in [1.165, 1.54) is 6.33 Å². The van der Waals surface area contributed by atoms with Crippen molar-refractivity contribution in [2.75, 3.05) is 17.7 Å². The molecule has 0 radical (unpaired) electrons. The molecule has 3 aromatic rings. The van der Waals surface area contributed by atoms with Gasteiger partial charge in [0, 0.05) is 11.8 Å². The van der Waals surface area contributed by atoms with E-state index in [1.54, 1.807) is 13.2 Å². The van der Waals surface area contributed by atoms with Crippen molar-refractivity contribution in [1.82, 2.24) is 9.97 Å². The fourth-order valence-electron chi connectivity index (χ4n) is 2.87. The Bertz CT molecular complexity index is 980. The topological polar surface area (TPSA) is 76.1 Å². The molecule has 0 fully saturated rings. The maximum atomic E-state index is 12.8. The third kappa shape index (κ3) is 4.46. The Hall–Kier alpha value is -3.41. The molecule has 6 heteroatoms. The maximum Gasteiger partial charge on any atom is 0.274 e. The van der Waals surface area contributed by atoms with Crippen molar-refractivity contribution in [3.8, 4) is 5.75 Å². The summed E-state index contributed by atoms with van der Waals surface area (Å²) in [4.78, 5) is 21.1. The molecule has 1 aromatic heterocycles. The zero-order valence-electron chi connectivity index (χ0n) is 16.5. The Morgan fingerprint density at radius 3 is 2.36 bits per heavy atom. The summed E-state index contributed by atoms with van der Waals surface area (Å²) < 4.78 is 5.33. The summed E-state index contributed by atoms with van der Waals surface area (Å²) in [6, 6.07) is 16.9. The largest absolute Gasteiger partial charge is 0.495 e. The van der Waals surface area contributed by atoms with E-state index in [-0.39, 0.29) is 17.0 Å². The molecule has 0 aliphatic carbocycles. The fourth-order valence-corrected chi connectivity index (χ4v) is 2.87. The third-order valence-corrected chi connectivity index (χ3v) is 4.25. The lowest BCUT2D eigenvalue weighted by molar-refractivity contribution is 0.102. The van der Waals surface area contributed by atoms with Gasteiger partial charge in [-0.25, -0.2) is 9.97 Å². The summed E-state index contributed by atoms with van der Waals surface area (Å²) in [5.41, 5.74) is 2.78. The lowest BCUT2D eigenvalue weighted by Gasteiger charge is -2.22. The first kappa shape index (κ1) is 19.4. The second-order valence-corrected chi connectivity index (χ2v) is 7.36. The average molecular weight is 376 g/mol. The van der Waals surface area contributed by atoms with Gasteiger partial charge in [0.25, 0.3) is 5.91 Å². The van der Waals surface area contributed by atoms with E-state index in [2.05, 4.69) is 41.4 Å². The van der Waals surface area contributed by atoms with Gasteiger partial charge in [0.15, 0.2) is 0 Å². The molecule has 0 aliphatic rings. The number of carbonyl (C=O) groups excluding carboxylic acids is 1. The van der Waals surface area contributed by atoms with E-state index in [9.17, 15) is 4.79 Å². The second-order valence-electron chi connectivity index (χ2n) is 7.36. The van der Waals surface area contributed by atoms with Crippen LogP contribution in [0.25, 0.3) is 0 Å². The molecule has 144 valence electrons. The van der Waals surface area contributed by atoms with Gasteiger partial charge in [-0.15, -0.1) is 0 Å². The average Bonchev–Trinajstić information content (AvgIpc) is 2.68. The number of nitrogens with zero attached hydrogens (tertiary/aromatic N) is 2. The summed E-state index contributed by atoms with van der Waals surface area (Å²) in [5.74, 6) is 0.905. The highest BCUT2D eigenvalue weighted by atomic mass is 16.5. The minimum absolute atomic E-state index is 0.0911. The highest BCUT2D eigenvalue weighted by Gasteiger charge is 2.19. The predicted octanol–water partition coefficient (Wildman–Crippen LogP) is 4.78. The quantitative estimate of drug-likeness (QED) is 0.670. The van der Waals surface area contributed by atoms with Crippen LogP contribution in [0.4, 0.5) is 17.2 Å². The minimum atomic E-state index is -0.290. The van der Waals surface area contributed by atoms with E-state index >= 15 is 0 Å². The number of carbonyl (C=O) groups is 1. The van der Waals surface area contributed by atoms with Crippen molar-refractivity contribution in [1.29, 1.82) is 0 Å². The third-order valence-electron chi connectivity index (χ3n) is 4.25. The number of ether oxygens (including phenoxy) is 1. The number of aromatic nitrogens is 2. The fraction of sp³-hybridized carbons (Fsp3) is 0.227. The second kappa shape index (κ2) is 8.08. The number of amides is 1. The number of methoxy groups -OCH3 is 1. The highest BCUT2D eigenvalue weighted by molar-refractivity contribution is 6.03. The number of hydrogen-bond acceptors (Lipinski definition) is 5. The van der Waals surface area contributed by atoms with Crippen molar-refractivity contribution in [2.24, 2.45) is 0 Å². The van der Waals surface area contributed by atoms with Crippen molar-refractivity contribution in [2.45, 2.75) is 26.2 Å². The van der Waals surface area contributed by atoms with Crippen molar-refractivity contribution in [3.63, 3.8) is 0 Å². The molecule has 1 amide bonds. The van der Waals surface area contributed by atoms with Gasteiger partial charge in [0.05, 0.1) is 12.8 Å². The summed E-state index contributed by atoms with van der Waals surface area (Å²) in [6.45, 7) is 6.33. The van der Waals surface area contributed by atoms with Crippen molar-refractivity contribution >= 4 is 23.1 Å². The van der Waals surface area contributed by atoms with E-state index in [0.29, 0.717) is 11.6 Å². The Labute approximate surface area is 165 Å². The maximum absolute atomic E-state index is 12.8. The minimum Gasteiger partial charge on any atom is -0.495 e. The van der Waals surface area contributed by atoms with Crippen LogP contribution in [0.1, 0.15) is 36.8 Å². The number of nitrogens with one attached hydrogen (secondary N) is 2. The number of benzene rings is 2. The first-order valence-electron chi connectivity index (χ1n) is 9.01. The van der Waals surface area contributed by atoms with E-state index < -0.39 is 0 Å². The van der Waals surface area contributed by atoms with Crippen LogP contribution in [0.3, 0.4) is 0 Å². The van der Waals surface area contributed by atoms with E-state index in [0.717, 1.165) is 16.9 Å². The van der Waals surface area contributed by atoms with Gasteiger partial charge in [-0.05, 0) is 29.2 Å². The molecule has 0 unspecified atom stereocenters. The smallest absolute Gasteiger partial charge is 0.274 e. The predicted molar refractivity (Wildman–Crippen MR) is 111 cm³/mol. The van der Waals surface area contributed by atoms with Crippen LogP contribution in [-0.2, 0) is 5.41 Å². The monoisotopic (exact) mass is 376 g/mol. The molecule has 3 rings (SSSR count). The molecule has 28 heavy (non-hydrogen) atoms. The van der Waals surface area contributed by atoms with Gasteiger partial charge in [0.1, 0.15) is 23.6 Å². The molecular weight excluding hydrogens is 352 g/mol. The van der Waals surface area contributed by atoms with Gasteiger partial charge in [-0.2, -0.15) is 0 Å². The molecule has 1 heterocycles. The van der Waals surface area contributed by atoms with Crippen LogP contribution in [0.2, 0.25) is 0 Å². The van der Waals surface area contributed by atoms with Crippen LogP contribution >= 0.6 is 0 Å². The van der Waals surface area contributed by atoms with Crippen molar-refractivity contribution in [3.05, 3.63) is 72.2 Å². The van der Waals surface area contributed by atoms with Gasteiger partial charge in [0.2, 0.25) is 0 Å². The summed E-state index contributed by atoms with van der Waals surface area (Å²) >= 11 is 0. The highest BCUT2D eigenvalue weighted by Crippen LogP contribution is 2.30. The number of anilines is 3. The first-order valence-corrected chi connectivity index (χ1v) is 9.01. The number of para-hydroxylation sites is 3. The number of hydrogen-bond donors (Lipinski definition) is 2. The molecule has 0 aliphatic heterocycles. The molecule has 0 saturated heterocycles. The molecule has 6 nitrogen and oxygen atoms in total. The SMILES string of the molecule is COc1ccccc1Nc1cc(C(=O)Nc2ccccc2C(C)(C)C)ncn1. The van der Waals surface area contributed by atoms with Crippen LogP contribution in [-0.4, -0.2) is 23.0 Å². The first-order chi connectivity index (χ1) is 13.4. The van der Waals surface area contributed by atoms with Gasteiger partial charge < -0.3 is 15.4 Å². The number of rotatable bonds is 5. The molecule has 0 saturated carbocycles. The Balaban J connectivity index is 1.82. The van der Waals surface area contributed by atoms with Crippen LogP contribution in [0.5, 0.6) is 5.75 Å². The van der Waals surface area contributed by atoms with Crippen LogP contribution < -0.4 is 15.4 Å². The molecule has 0 atom stereocenters. The molecule has 2 aromatic carbocycles. The Morgan fingerprint density at radius 2 is 1.64 bits per heavy atom. The standard InChI is InChI=1S/C22H24N4O2/c1-22(2,3)15-9-5-6-10-16(15)26-21(27)18-13-20(24-14-23-18)25-17-11-7-8-12-19(17)28-4/h5-14H,1-4H3,(H,26,27)(H,23,24,25). The summed E-state index contributed by atoms with van der Waals surface area (Å²) in [5, 5.41) is 6.13. The molecule has 0 spiro atoms. The van der Waals surface area contributed by atoms with Crippen molar-refractivity contribution < 1.29 is 9.53 Å². The van der Waals surface area contributed by atoms with E-state index in [1.807, 2.05) is 48.5 Å². The lowest BCUT2D eigenvalue weighted by Crippen LogP contribution is -2.19. The Kier molecular flexibility index (Phi) is 5.59. The van der Waals surface area contributed by atoms with E-state index in [4.69, 9.17) is 4.74 Å². The lowest BCUT2D eigenvalue weighted by atomic mass is 9.86.